The van der Waals surface area contributed by atoms with Gasteiger partial charge in [-0.3, -0.25) is 0 Å². The summed E-state index contributed by atoms with van der Waals surface area (Å²) in [7, 11) is 4.01. The Bertz CT molecular complexity index is 358. The van der Waals surface area contributed by atoms with Crippen LogP contribution in [0.1, 0.15) is 11.6 Å². The third-order valence-corrected chi connectivity index (χ3v) is 2.85. The molecule has 3 nitrogen and oxygen atoms in total. The molecular formula is C12H19ClFN3. The quantitative estimate of drug-likeness (QED) is 0.816. The van der Waals surface area contributed by atoms with E-state index >= 15 is 0 Å². The van der Waals surface area contributed by atoms with Crippen LogP contribution >= 0.6 is 11.6 Å². The number of rotatable bonds is 6. The van der Waals surface area contributed by atoms with E-state index in [1.54, 1.807) is 6.07 Å². The standard InChI is InChI=1S/C12H19ClFN3/c1-17(2)6-5-16-12(8-15)10-4-3-9(14)7-11(10)13/h3-4,7,12,16H,5-6,8,15H2,1-2H3. The first-order valence-electron chi connectivity index (χ1n) is 5.57. The molecule has 0 fully saturated rings. The molecule has 3 N–H and O–H groups in total. The molecule has 0 saturated heterocycles. The Kier molecular flexibility index (Phi) is 5.85. The smallest absolute Gasteiger partial charge is 0.124 e. The van der Waals surface area contributed by atoms with Gasteiger partial charge in [-0.2, -0.15) is 0 Å². The highest BCUT2D eigenvalue weighted by Gasteiger charge is 2.12. The molecule has 0 radical (unpaired) electrons. The van der Waals surface area contributed by atoms with Gasteiger partial charge in [0.2, 0.25) is 0 Å². The van der Waals surface area contributed by atoms with E-state index in [0.717, 1.165) is 18.7 Å². The van der Waals surface area contributed by atoms with Gasteiger partial charge in [-0.15, -0.1) is 0 Å². The van der Waals surface area contributed by atoms with Crippen molar-refractivity contribution in [2.45, 2.75) is 6.04 Å². The van der Waals surface area contributed by atoms with E-state index in [2.05, 4.69) is 10.2 Å². The minimum absolute atomic E-state index is 0.0388. The highest BCUT2D eigenvalue weighted by atomic mass is 35.5. The van der Waals surface area contributed by atoms with E-state index in [1.807, 2.05) is 14.1 Å². The number of hydrogen-bond donors (Lipinski definition) is 2. The van der Waals surface area contributed by atoms with E-state index in [4.69, 9.17) is 17.3 Å². The maximum atomic E-state index is 12.9. The lowest BCUT2D eigenvalue weighted by Gasteiger charge is -2.20. The minimum Gasteiger partial charge on any atom is -0.329 e. The predicted octanol–water partition coefficient (Wildman–Crippen LogP) is 1.63. The van der Waals surface area contributed by atoms with Gasteiger partial charge in [0, 0.05) is 30.7 Å². The highest BCUT2D eigenvalue weighted by Crippen LogP contribution is 2.23. The second-order valence-corrected chi connectivity index (χ2v) is 4.62. The van der Waals surface area contributed by atoms with Crippen LogP contribution in [-0.2, 0) is 0 Å². The fraction of sp³-hybridized carbons (Fsp3) is 0.500. The number of nitrogens with one attached hydrogen (secondary N) is 1. The Morgan fingerprint density at radius 2 is 2.18 bits per heavy atom. The van der Waals surface area contributed by atoms with Crippen molar-refractivity contribution in [2.75, 3.05) is 33.7 Å². The van der Waals surface area contributed by atoms with Crippen molar-refractivity contribution in [1.29, 1.82) is 0 Å². The first-order valence-corrected chi connectivity index (χ1v) is 5.95. The lowest BCUT2D eigenvalue weighted by molar-refractivity contribution is 0.385. The zero-order chi connectivity index (χ0) is 12.8. The zero-order valence-electron chi connectivity index (χ0n) is 10.2. The van der Waals surface area contributed by atoms with Crippen LogP contribution in [0, 0.1) is 5.82 Å². The van der Waals surface area contributed by atoms with E-state index in [9.17, 15) is 4.39 Å². The number of hydrogen-bond acceptors (Lipinski definition) is 3. The molecule has 96 valence electrons. The van der Waals surface area contributed by atoms with Crippen molar-refractivity contribution in [2.24, 2.45) is 5.73 Å². The molecule has 1 aromatic carbocycles. The largest absolute Gasteiger partial charge is 0.329 e. The fourth-order valence-corrected chi connectivity index (χ4v) is 1.87. The van der Waals surface area contributed by atoms with Crippen molar-refractivity contribution in [3.05, 3.63) is 34.6 Å². The van der Waals surface area contributed by atoms with Crippen LogP contribution in [0.15, 0.2) is 18.2 Å². The van der Waals surface area contributed by atoms with Crippen molar-refractivity contribution < 1.29 is 4.39 Å². The molecule has 0 bridgehead atoms. The first-order chi connectivity index (χ1) is 8.04. The van der Waals surface area contributed by atoms with Gasteiger partial charge < -0.3 is 16.0 Å². The third-order valence-electron chi connectivity index (χ3n) is 2.52. The Hall–Kier alpha value is -0.680. The van der Waals surface area contributed by atoms with Crippen LogP contribution in [0.25, 0.3) is 0 Å². The van der Waals surface area contributed by atoms with Crippen molar-refractivity contribution in [3.8, 4) is 0 Å². The monoisotopic (exact) mass is 259 g/mol. The Morgan fingerprint density at radius 3 is 2.71 bits per heavy atom. The molecular weight excluding hydrogens is 241 g/mol. The lowest BCUT2D eigenvalue weighted by Crippen LogP contribution is -2.33. The van der Waals surface area contributed by atoms with Gasteiger partial charge in [0.05, 0.1) is 0 Å². The summed E-state index contributed by atoms with van der Waals surface area (Å²) < 4.78 is 12.9. The van der Waals surface area contributed by atoms with Gasteiger partial charge in [-0.25, -0.2) is 4.39 Å². The highest BCUT2D eigenvalue weighted by molar-refractivity contribution is 6.31. The van der Waals surface area contributed by atoms with E-state index in [0.29, 0.717) is 11.6 Å². The molecule has 0 spiro atoms. The molecule has 0 saturated carbocycles. The van der Waals surface area contributed by atoms with Crippen molar-refractivity contribution in [1.82, 2.24) is 10.2 Å². The normalized spacial score (nSPS) is 13.1. The topological polar surface area (TPSA) is 41.3 Å². The summed E-state index contributed by atoms with van der Waals surface area (Å²) in [6.07, 6.45) is 0. The minimum atomic E-state index is -0.331. The molecule has 0 aliphatic carbocycles. The maximum absolute atomic E-state index is 12.9. The molecule has 1 aromatic rings. The van der Waals surface area contributed by atoms with Crippen LogP contribution in [0.5, 0.6) is 0 Å². The van der Waals surface area contributed by atoms with Gasteiger partial charge in [0.25, 0.3) is 0 Å². The van der Waals surface area contributed by atoms with E-state index in [1.165, 1.54) is 12.1 Å². The predicted molar refractivity (Wildman–Crippen MR) is 69.8 cm³/mol. The maximum Gasteiger partial charge on any atom is 0.124 e. The number of nitrogens with two attached hydrogens (primary N) is 1. The molecule has 1 unspecified atom stereocenters. The average molecular weight is 260 g/mol. The van der Waals surface area contributed by atoms with Gasteiger partial charge in [0.1, 0.15) is 5.82 Å². The van der Waals surface area contributed by atoms with Gasteiger partial charge in [-0.1, -0.05) is 17.7 Å². The van der Waals surface area contributed by atoms with Crippen LogP contribution in [0.2, 0.25) is 5.02 Å². The van der Waals surface area contributed by atoms with Crippen molar-refractivity contribution in [3.63, 3.8) is 0 Å². The van der Waals surface area contributed by atoms with E-state index < -0.39 is 0 Å². The third kappa shape index (κ3) is 4.60. The first kappa shape index (κ1) is 14.4. The molecule has 17 heavy (non-hydrogen) atoms. The summed E-state index contributed by atoms with van der Waals surface area (Å²) in [6.45, 7) is 2.15. The van der Waals surface area contributed by atoms with Crippen LogP contribution in [-0.4, -0.2) is 38.6 Å². The lowest BCUT2D eigenvalue weighted by atomic mass is 10.1. The number of halogens is 2. The van der Waals surface area contributed by atoms with Gasteiger partial charge in [-0.05, 0) is 31.8 Å². The molecule has 1 atom stereocenters. The van der Waals surface area contributed by atoms with Crippen LogP contribution < -0.4 is 11.1 Å². The Morgan fingerprint density at radius 1 is 1.47 bits per heavy atom. The molecule has 0 heterocycles. The summed E-state index contributed by atoms with van der Waals surface area (Å²) in [5, 5.41) is 3.72. The number of likely N-dealkylation sites (N-methyl/N-ethyl adjacent to an activating group) is 1. The summed E-state index contributed by atoms with van der Waals surface area (Å²) in [5.74, 6) is -0.331. The molecule has 0 aliphatic heterocycles. The Balaban J connectivity index is 2.66. The fourth-order valence-electron chi connectivity index (χ4n) is 1.57. The van der Waals surface area contributed by atoms with Crippen molar-refractivity contribution >= 4 is 11.6 Å². The van der Waals surface area contributed by atoms with Gasteiger partial charge >= 0.3 is 0 Å². The molecule has 0 aromatic heterocycles. The summed E-state index contributed by atoms with van der Waals surface area (Å²) in [4.78, 5) is 2.08. The van der Waals surface area contributed by atoms with Crippen LogP contribution in [0.3, 0.4) is 0 Å². The van der Waals surface area contributed by atoms with Crippen LogP contribution in [0.4, 0.5) is 4.39 Å². The second-order valence-electron chi connectivity index (χ2n) is 4.21. The molecule has 5 heteroatoms. The average Bonchev–Trinajstić information content (AvgIpc) is 2.25. The second kappa shape index (κ2) is 6.91. The molecule has 0 aliphatic rings. The van der Waals surface area contributed by atoms with Gasteiger partial charge in [0.15, 0.2) is 0 Å². The SMILES string of the molecule is CN(C)CCNC(CN)c1ccc(F)cc1Cl. The summed E-state index contributed by atoms with van der Waals surface area (Å²) in [5.41, 5.74) is 6.54. The molecule has 1 rings (SSSR count). The summed E-state index contributed by atoms with van der Waals surface area (Å²) in [6, 6.07) is 4.35. The van der Waals surface area contributed by atoms with E-state index in [-0.39, 0.29) is 11.9 Å². The zero-order valence-corrected chi connectivity index (χ0v) is 11.0. The summed E-state index contributed by atoms with van der Waals surface area (Å²) >= 11 is 6.00. The number of nitrogens with zero attached hydrogens (tertiary/aromatic N) is 1. The molecule has 0 amide bonds. The Labute approximate surface area is 107 Å². The number of benzene rings is 1.